The maximum Gasteiger partial charge on any atom is 0.0540 e. The highest BCUT2D eigenvalue weighted by atomic mass is 32.1. The van der Waals surface area contributed by atoms with Gasteiger partial charge in [-0.25, -0.2) is 0 Å². The van der Waals surface area contributed by atoms with Crippen LogP contribution in [0.5, 0.6) is 0 Å². The van der Waals surface area contributed by atoms with Crippen LogP contribution in [-0.4, -0.2) is 0 Å². The highest BCUT2D eigenvalue weighted by Crippen LogP contribution is 2.43. The van der Waals surface area contributed by atoms with Gasteiger partial charge in [-0.2, -0.15) is 0 Å². The fourth-order valence-electron chi connectivity index (χ4n) is 6.93. The minimum absolute atomic E-state index is 1.12. The molecule has 1 aromatic heterocycles. The molecule has 0 spiro atoms. The van der Waals surface area contributed by atoms with Crippen molar-refractivity contribution in [2.45, 2.75) is 0 Å². The van der Waals surface area contributed by atoms with E-state index in [1.807, 2.05) is 11.3 Å². The minimum Gasteiger partial charge on any atom is -0.310 e. The van der Waals surface area contributed by atoms with Crippen LogP contribution in [0.3, 0.4) is 0 Å². The summed E-state index contributed by atoms with van der Waals surface area (Å²) < 4.78 is 2.65. The summed E-state index contributed by atoms with van der Waals surface area (Å²) >= 11 is 1.87. The first-order chi connectivity index (χ1) is 22.8. The second kappa shape index (κ2) is 11.0. The molecule has 0 atom stereocenters. The monoisotopic (exact) mass is 603 g/mol. The summed E-state index contributed by atoms with van der Waals surface area (Å²) in [5.41, 5.74) is 8.35. The molecule has 9 aromatic rings. The van der Waals surface area contributed by atoms with Crippen molar-refractivity contribution in [1.82, 2.24) is 0 Å². The van der Waals surface area contributed by atoms with Gasteiger partial charge in [0.15, 0.2) is 0 Å². The van der Waals surface area contributed by atoms with Crippen LogP contribution in [0.2, 0.25) is 0 Å². The smallest absolute Gasteiger partial charge is 0.0540 e. The molecule has 1 nitrogen and oxygen atoms in total. The summed E-state index contributed by atoms with van der Waals surface area (Å²) in [5, 5.41) is 7.62. The van der Waals surface area contributed by atoms with E-state index in [-0.39, 0.29) is 0 Å². The zero-order valence-electron chi connectivity index (χ0n) is 25.1. The van der Waals surface area contributed by atoms with Gasteiger partial charge in [-0.3, -0.25) is 0 Å². The molecule has 0 amide bonds. The zero-order chi connectivity index (χ0) is 30.5. The first-order valence-corrected chi connectivity index (χ1v) is 16.5. The second-order valence-electron chi connectivity index (χ2n) is 11.7. The number of fused-ring (bicyclic) bond motifs is 5. The summed E-state index contributed by atoms with van der Waals surface area (Å²) in [6.07, 6.45) is 0. The van der Waals surface area contributed by atoms with E-state index in [1.165, 1.54) is 64.0 Å². The Morgan fingerprint density at radius 2 is 0.978 bits per heavy atom. The van der Waals surface area contributed by atoms with Gasteiger partial charge >= 0.3 is 0 Å². The van der Waals surface area contributed by atoms with E-state index in [4.69, 9.17) is 0 Å². The standard InChI is InChI=1S/C44H29NS/c1-3-17-36-30(11-1)13-8-20-37(36)33-15-7-16-35(29-33)45(41-22-9-14-31-12-2-4-18-38(31)41)34-27-25-32(26-28-34)39-21-10-24-43-44(39)40-19-5-6-23-42(40)46-43/h1-29H. The van der Waals surface area contributed by atoms with Crippen molar-refractivity contribution in [3.8, 4) is 22.3 Å². The number of rotatable bonds is 5. The summed E-state index contributed by atoms with van der Waals surface area (Å²) in [6.45, 7) is 0. The highest BCUT2D eigenvalue weighted by molar-refractivity contribution is 7.25. The molecular weight excluding hydrogens is 575 g/mol. The predicted molar refractivity (Wildman–Crippen MR) is 200 cm³/mol. The van der Waals surface area contributed by atoms with Crippen molar-refractivity contribution in [3.05, 3.63) is 176 Å². The first kappa shape index (κ1) is 26.7. The Morgan fingerprint density at radius 3 is 1.83 bits per heavy atom. The van der Waals surface area contributed by atoms with Crippen LogP contribution in [0, 0.1) is 0 Å². The number of thiophene rings is 1. The van der Waals surface area contributed by atoms with E-state index in [2.05, 4.69) is 181 Å². The third kappa shape index (κ3) is 4.46. The van der Waals surface area contributed by atoms with E-state index in [0.29, 0.717) is 0 Å². The Bertz CT molecular complexity index is 2530. The molecule has 0 bridgehead atoms. The van der Waals surface area contributed by atoms with E-state index < -0.39 is 0 Å². The van der Waals surface area contributed by atoms with Crippen LogP contribution in [0.15, 0.2) is 176 Å². The Labute approximate surface area is 272 Å². The van der Waals surface area contributed by atoms with Crippen molar-refractivity contribution in [3.63, 3.8) is 0 Å². The Balaban J connectivity index is 1.21. The van der Waals surface area contributed by atoms with Gasteiger partial charge in [0.2, 0.25) is 0 Å². The maximum atomic E-state index is 2.40. The van der Waals surface area contributed by atoms with Gasteiger partial charge in [0.1, 0.15) is 0 Å². The Kier molecular flexibility index (Phi) is 6.40. The molecule has 0 fully saturated rings. The zero-order valence-corrected chi connectivity index (χ0v) is 25.9. The lowest BCUT2D eigenvalue weighted by Gasteiger charge is -2.27. The lowest BCUT2D eigenvalue weighted by atomic mass is 9.97. The van der Waals surface area contributed by atoms with Crippen LogP contribution in [0.4, 0.5) is 17.1 Å². The average molecular weight is 604 g/mol. The molecule has 0 saturated carbocycles. The second-order valence-corrected chi connectivity index (χ2v) is 12.8. The molecule has 0 aliphatic heterocycles. The molecule has 0 radical (unpaired) electrons. The van der Waals surface area contributed by atoms with Gasteiger partial charge in [0.05, 0.1) is 5.69 Å². The number of hydrogen-bond donors (Lipinski definition) is 0. The average Bonchev–Trinajstić information content (AvgIpc) is 3.51. The molecule has 0 N–H and O–H groups in total. The molecule has 8 aromatic carbocycles. The molecule has 216 valence electrons. The van der Waals surface area contributed by atoms with Crippen LogP contribution in [-0.2, 0) is 0 Å². The van der Waals surface area contributed by atoms with E-state index >= 15 is 0 Å². The number of anilines is 3. The van der Waals surface area contributed by atoms with Crippen LogP contribution < -0.4 is 4.90 Å². The summed E-state index contributed by atoms with van der Waals surface area (Å²) in [4.78, 5) is 2.40. The Morgan fingerprint density at radius 1 is 0.370 bits per heavy atom. The third-order valence-corrected chi connectivity index (χ3v) is 10.2. The number of hydrogen-bond acceptors (Lipinski definition) is 2. The van der Waals surface area contributed by atoms with Gasteiger partial charge in [0.25, 0.3) is 0 Å². The molecule has 0 saturated heterocycles. The lowest BCUT2D eigenvalue weighted by Crippen LogP contribution is -2.10. The van der Waals surface area contributed by atoms with E-state index in [0.717, 1.165) is 17.1 Å². The van der Waals surface area contributed by atoms with Crippen molar-refractivity contribution in [2.75, 3.05) is 4.90 Å². The molecule has 46 heavy (non-hydrogen) atoms. The van der Waals surface area contributed by atoms with Gasteiger partial charge < -0.3 is 4.90 Å². The van der Waals surface area contributed by atoms with Crippen molar-refractivity contribution in [2.24, 2.45) is 0 Å². The quantitative estimate of drug-likeness (QED) is 0.189. The molecule has 2 heteroatoms. The first-order valence-electron chi connectivity index (χ1n) is 15.7. The van der Waals surface area contributed by atoms with Gasteiger partial charge in [0, 0.05) is 36.9 Å². The molecule has 0 aliphatic rings. The van der Waals surface area contributed by atoms with Gasteiger partial charge in [-0.15, -0.1) is 11.3 Å². The molecule has 0 unspecified atom stereocenters. The van der Waals surface area contributed by atoms with Crippen LogP contribution in [0.25, 0.3) is 64.0 Å². The SMILES string of the molecule is c1cc(-c2cccc3ccccc23)cc(N(c2ccc(-c3cccc4sc5ccccc5c34)cc2)c2cccc3ccccc23)c1. The van der Waals surface area contributed by atoms with Crippen molar-refractivity contribution >= 4 is 70.1 Å². The molecule has 1 heterocycles. The number of nitrogens with zero attached hydrogens (tertiary/aromatic N) is 1. The number of benzene rings is 8. The molecular formula is C44H29NS. The van der Waals surface area contributed by atoms with E-state index in [1.54, 1.807) is 0 Å². The third-order valence-electron chi connectivity index (χ3n) is 9.05. The van der Waals surface area contributed by atoms with Gasteiger partial charge in [-0.1, -0.05) is 133 Å². The highest BCUT2D eigenvalue weighted by Gasteiger charge is 2.17. The van der Waals surface area contributed by atoms with Crippen molar-refractivity contribution < 1.29 is 0 Å². The summed E-state index contributed by atoms with van der Waals surface area (Å²) in [5.74, 6) is 0. The molecule has 9 rings (SSSR count). The normalized spacial score (nSPS) is 11.5. The lowest BCUT2D eigenvalue weighted by molar-refractivity contribution is 1.30. The fraction of sp³-hybridized carbons (Fsp3) is 0. The summed E-state index contributed by atoms with van der Waals surface area (Å²) in [7, 11) is 0. The van der Waals surface area contributed by atoms with Crippen LogP contribution >= 0.6 is 11.3 Å². The Hall–Kier alpha value is -5.70. The maximum absolute atomic E-state index is 2.40. The van der Waals surface area contributed by atoms with E-state index in [9.17, 15) is 0 Å². The van der Waals surface area contributed by atoms with Crippen molar-refractivity contribution in [1.29, 1.82) is 0 Å². The predicted octanol–water partition coefficient (Wildman–Crippen LogP) is 13.2. The largest absolute Gasteiger partial charge is 0.310 e. The molecule has 0 aliphatic carbocycles. The minimum atomic E-state index is 1.12. The topological polar surface area (TPSA) is 3.24 Å². The summed E-state index contributed by atoms with van der Waals surface area (Å²) in [6, 6.07) is 63.9. The fourth-order valence-corrected chi connectivity index (χ4v) is 8.06. The van der Waals surface area contributed by atoms with Gasteiger partial charge in [-0.05, 0) is 80.9 Å². The van der Waals surface area contributed by atoms with Crippen LogP contribution in [0.1, 0.15) is 0 Å².